The lowest BCUT2D eigenvalue weighted by Gasteiger charge is -2.29. The summed E-state index contributed by atoms with van der Waals surface area (Å²) >= 11 is 1.59. The van der Waals surface area contributed by atoms with Gasteiger partial charge in [-0.05, 0) is 49.4 Å². The summed E-state index contributed by atoms with van der Waals surface area (Å²) in [5.74, 6) is 0.986. The zero-order chi connectivity index (χ0) is 20.3. The van der Waals surface area contributed by atoms with Gasteiger partial charge in [0.2, 0.25) is 5.91 Å². The Labute approximate surface area is 169 Å². The van der Waals surface area contributed by atoms with Crippen LogP contribution in [0.3, 0.4) is 0 Å². The molecule has 0 radical (unpaired) electrons. The molecule has 1 aliphatic rings. The van der Waals surface area contributed by atoms with E-state index in [1.54, 1.807) is 22.3 Å². The first-order valence-corrected chi connectivity index (χ1v) is 10.3. The van der Waals surface area contributed by atoms with Gasteiger partial charge in [0.05, 0.1) is 17.6 Å². The summed E-state index contributed by atoms with van der Waals surface area (Å²) in [6.45, 7) is 9.33. The van der Waals surface area contributed by atoms with E-state index in [2.05, 4.69) is 24.5 Å². The van der Waals surface area contributed by atoms with E-state index in [9.17, 15) is 9.59 Å². The predicted molar refractivity (Wildman–Crippen MR) is 113 cm³/mol. The lowest BCUT2D eigenvalue weighted by atomic mass is 9.92. The van der Waals surface area contributed by atoms with Gasteiger partial charge < -0.3 is 20.3 Å². The maximum Gasteiger partial charge on any atom is 0.319 e. The standard InChI is InChI=1S/C21H27N3O3S/c1-14(2)12-24-17-10-15(23-20(26)22-11-16-6-5-9-28-16)7-8-18(17)27-13-21(3,4)19(24)25/h5-10,14H,11-13H2,1-4H3,(H2,22,23,26). The molecule has 2 N–H and O–H groups in total. The Morgan fingerprint density at radius 1 is 1.32 bits per heavy atom. The number of benzene rings is 1. The Hall–Kier alpha value is -2.54. The van der Waals surface area contributed by atoms with Crippen LogP contribution in [0.15, 0.2) is 35.7 Å². The highest BCUT2D eigenvalue weighted by atomic mass is 32.1. The summed E-state index contributed by atoms with van der Waals surface area (Å²) < 4.78 is 5.91. The van der Waals surface area contributed by atoms with Gasteiger partial charge in [0.15, 0.2) is 0 Å². The van der Waals surface area contributed by atoms with E-state index in [1.165, 1.54) is 0 Å². The molecule has 6 nitrogen and oxygen atoms in total. The van der Waals surface area contributed by atoms with Gasteiger partial charge in [-0.25, -0.2) is 4.79 Å². The van der Waals surface area contributed by atoms with Gasteiger partial charge in [-0.1, -0.05) is 19.9 Å². The number of rotatable bonds is 5. The first-order valence-electron chi connectivity index (χ1n) is 9.42. The number of ether oxygens (including phenoxy) is 1. The van der Waals surface area contributed by atoms with Crippen molar-refractivity contribution < 1.29 is 14.3 Å². The van der Waals surface area contributed by atoms with Crippen LogP contribution < -0.4 is 20.3 Å². The van der Waals surface area contributed by atoms with Crippen molar-refractivity contribution in [2.45, 2.75) is 34.2 Å². The highest BCUT2D eigenvalue weighted by molar-refractivity contribution is 7.09. The fourth-order valence-electron chi connectivity index (χ4n) is 3.03. The number of urea groups is 1. The number of thiophene rings is 1. The molecule has 150 valence electrons. The van der Waals surface area contributed by atoms with Gasteiger partial charge in [0, 0.05) is 17.1 Å². The minimum absolute atomic E-state index is 0.0271. The minimum Gasteiger partial charge on any atom is -0.490 e. The summed E-state index contributed by atoms with van der Waals surface area (Å²) in [6, 6.07) is 9.05. The molecule has 0 fully saturated rings. The van der Waals surface area contributed by atoms with Crippen molar-refractivity contribution >= 4 is 34.6 Å². The summed E-state index contributed by atoms with van der Waals surface area (Å²) in [4.78, 5) is 28.2. The number of nitrogens with zero attached hydrogens (tertiary/aromatic N) is 1. The Kier molecular flexibility index (Phi) is 5.93. The van der Waals surface area contributed by atoms with Crippen molar-refractivity contribution in [3.05, 3.63) is 40.6 Å². The van der Waals surface area contributed by atoms with E-state index in [-0.39, 0.29) is 11.9 Å². The van der Waals surface area contributed by atoms with Crippen LogP contribution in [-0.4, -0.2) is 25.1 Å². The minimum atomic E-state index is -0.612. The molecule has 0 saturated carbocycles. The van der Waals surface area contributed by atoms with Gasteiger partial charge in [-0.2, -0.15) is 0 Å². The van der Waals surface area contributed by atoms with E-state index in [4.69, 9.17) is 4.74 Å². The van der Waals surface area contributed by atoms with Crippen molar-refractivity contribution in [1.29, 1.82) is 0 Å². The van der Waals surface area contributed by atoms with Crippen molar-refractivity contribution in [3.63, 3.8) is 0 Å². The molecule has 7 heteroatoms. The molecule has 0 bridgehead atoms. The van der Waals surface area contributed by atoms with Crippen LogP contribution in [0.2, 0.25) is 0 Å². The van der Waals surface area contributed by atoms with Gasteiger partial charge in [-0.3, -0.25) is 4.79 Å². The number of carbonyl (C=O) groups is 2. The lowest BCUT2D eigenvalue weighted by molar-refractivity contribution is -0.127. The maximum absolute atomic E-state index is 13.1. The van der Waals surface area contributed by atoms with Gasteiger partial charge >= 0.3 is 6.03 Å². The van der Waals surface area contributed by atoms with Crippen LogP contribution in [0.1, 0.15) is 32.6 Å². The normalized spacial score (nSPS) is 15.6. The molecule has 0 atom stereocenters. The zero-order valence-electron chi connectivity index (χ0n) is 16.7. The summed E-state index contributed by atoms with van der Waals surface area (Å²) in [5.41, 5.74) is 0.701. The van der Waals surface area contributed by atoms with Crippen molar-refractivity contribution in [3.8, 4) is 5.75 Å². The van der Waals surface area contributed by atoms with E-state index in [1.807, 2.05) is 43.5 Å². The predicted octanol–water partition coefficient (Wildman–Crippen LogP) is 4.48. The fraction of sp³-hybridized carbons (Fsp3) is 0.429. The Morgan fingerprint density at radius 2 is 2.11 bits per heavy atom. The molecule has 2 heterocycles. The van der Waals surface area contributed by atoms with E-state index in [0.717, 1.165) is 4.88 Å². The first-order chi connectivity index (χ1) is 13.3. The van der Waals surface area contributed by atoms with Crippen LogP contribution >= 0.6 is 11.3 Å². The Balaban J connectivity index is 1.79. The van der Waals surface area contributed by atoms with Gasteiger partial charge in [0.25, 0.3) is 0 Å². The molecule has 0 unspecified atom stereocenters. The summed E-state index contributed by atoms with van der Waals surface area (Å²) in [7, 11) is 0. The highest BCUT2D eigenvalue weighted by Gasteiger charge is 2.38. The van der Waals surface area contributed by atoms with Crippen LogP contribution in [0.25, 0.3) is 0 Å². The second-order valence-electron chi connectivity index (χ2n) is 8.05. The smallest absolute Gasteiger partial charge is 0.319 e. The molecule has 0 aliphatic carbocycles. The lowest BCUT2D eigenvalue weighted by Crippen LogP contribution is -2.43. The number of amides is 3. The Morgan fingerprint density at radius 3 is 2.79 bits per heavy atom. The number of carbonyl (C=O) groups excluding carboxylic acids is 2. The van der Waals surface area contributed by atoms with Crippen molar-refractivity contribution in [2.75, 3.05) is 23.4 Å². The van der Waals surface area contributed by atoms with Crippen LogP contribution in [0, 0.1) is 11.3 Å². The van der Waals surface area contributed by atoms with E-state index in [0.29, 0.717) is 42.7 Å². The number of hydrogen-bond acceptors (Lipinski definition) is 4. The average Bonchev–Trinajstić information content (AvgIpc) is 3.13. The van der Waals surface area contributed by atoms with Gasteiger partial charge in [0.1, 0.15) is 12.4 Å². The van der Waals surface area contributed by atoms with Crippen molar-refractivity contribution in [2.24, 2.45) is 11.3 Å². The Bertz CT molecular complexity index is 847. The molecule has 3 amide bonds. The number of hydrogen-bond donors (Lipinski definition) is 2. The molecule has 3 rings (SSSR count). The molecule has 1 aliphatic heterocycles. The SMILES string of the molecule is CC(C)CN1C(=O)C(C)(C)COc2ccc(NC(=O)NCc3cccs3)cc21. The largest absolute Gasteiger partial charge is 0.490 e. The van der Waals surface area contributed by atoms with Gasteiger partial charge in [-0.15, -0.1) is 11.3 Å². The molecule has 2 aromatic rings. The fourth-order valence-corrected chi connectivity index (χ4v) is 3.67. The molecule has 0 spiro atoms. The third-order valence-electron chi connectivity index (χ3n) is 4.47. The molecule has 1 aromatic carbocycles. The van der Waals surface area contributed by atoms with Crippen LogP contribution in [-0.2, 0) is 11.3 Å². The third kappa shape index (κ3) is 4.65. The molecular weight excluding hydrogens is 374 g/mol. The van der Waals surface area contributed by atoms with E-state index >= 15 is 0 Å². The van der Waals surface area contributed by atoms with Crippen LogP contribution in [0.4, 0.5) is 16.2 Å². The molecule has 1 aromatic heterocycles. The van der Waals surface area contributed by atoms with E-state index < -0.39 is 5.41 Å². The third-order valence-corrected chi connectivity index (χ3v) is 5.35. The second kappa shape index (κ2) is 8.22. The highest BCUT2D eigenvalue weighted by Crippen LogP contribution is 2.38. The topological polar surface area (TPSA) is 70.7 Å². The quantitative estimate of drug-likeness (QED) is 0.776. The van der Waals surface area contributed by atoms with Crippen LogP contribution in [0.5, 0.6) is 5.75 Å². The number of anilines is 2. The average molecular weight is 402 g/mol. The monoisotopic (exact) mass is 401 g/mol. The summed E-state index contributed by atoms with van der Waals surface area (Å²) in [5, 5.41) is 7.66. The number of nitrogens with one attached hydrogen (secondary N) is 2. The molecule has 28 heavy (non-hydrogen) atoms. The van der Waals surface area contributed by atoms with Crippen molar-refractivity contribution in [1.82, 2.24) is 5.32 Å². The maximum atomic E-state index is 13.1. The zero-order valence-corrected chi connectivity index (χ0v) is 17.6. The molecule has 0 saturated heterocycles. The number of fused-ring (bicyclic) bond motifs is 1. The summed E-state index contributed by atoms with van der Waals surface area (Å²) in [6.07, 6.45) is 0. The first kappa shape index (κ1) is 20.2. The molecular formula is C21H27N3O3S. The second-order valence-corrected chi connectivity index (χ2v) is 9.08.